The molecule has 17 heavy (non-hydrogen) atoms. The normalized spacial score (nSPS) is 10.2. The van der Waals surface area contributed by atoms with Crippen molar-refractivity contribution in [1.82, 2.24) is 0 Å². The first kappa shape index (κ1) is 13.4. The molecule has 1 rings (SSSR count). The molecule has 1 aromatic rings. The van der Waals surface area contributed by atoms with E-state index < -0.39 is 21.2 Å². The smallest absolute Gasteiger partial charge is 0.258 e. The SMILES string of the molecule is CCCCSc1cccc([N+](=O)[O-])c1[N+](=O)[O-]. The van der Waals surface area contributed by atoms with Gasteiger partial charge in [0.2, 0.25) is 0 Å². The largest absolute Gasteiger partial charge is 0.359 e. The number of hydrogen-bond acceptors (Lipinski definition) is 5. The van der Waals surface area contributed by atoms with Crippen molar-refractivity contribution in [3.8, 4) is 0 Å². The first-order chi connectivity index (χ1) is 8.07. The van der Waals surface area contributed by atoms with Gasteiger partial charge in [0.05, 0.1) is 14.7 Å². The minimum atomic E-state index is -0.720. The molecule has 0 aromatic heterocycles. The van der Waals surface area contributed by atoms with Crippen molar-refractivity contribution in [2.45, 2.75) is 24.7 Å². The fraction of sp³-hybridized carbons (Fsp3) is 0.400. The van der Waals surface area contributed by atoms with Crippen LogP contribution in [0.15, 0.2) is 23.1 Å². The van der Waals surface area contributed by atoms with Gasteiger partial charge in [-0.05, 0) is 18.2 Å². The highest BCUT2D eigenvalue weighted by molar-refractivity contribution is 7.99. The summed E-state index contributed by atoms with van der Waals surface area (Å²) in [4.78, 5) is 20.5. The van der Waals surface area contributed by atoms with Crippen molar-refractivity contribution < 1.29 is 9.85 Å². The Morgan fingerprint density at radius 2 is 1.94 bits per heavy atom. The molecular formula is C10H12N2O4S. The highest BCUT2D eigenvalue weighted by atomic mass is 32.2. The molecule has 0 bridgehead atoms. The monoisotopic (exact) mass is 256 g/mol. The average molecular weight is 256 g/mol. The summed E-state index contributed by atoms with van der Waals surface area (Å²) >= 11 is 1.29. The van der Waals surface area contributed by atoms with Gasteiger partial charge in [-0.25, -0.2) is 0 Å². The maximum atomic E-state index is 10.9. The Morgan fingerprint density at radius 1 is 1.24 bits per heavy atom. The quantitative estimate of drug-likeness (QED) is 0.337. The van der Waals surface area contributed by atoms with E-state index in [4.69, 9.17) is 0 Å². The number of hydrogen-bond donors (Lipinski definition) is 0. The summed E-state index contributed by atoms with van der Waals surface area (Å²) in [5.74, 6) is 0.721. The molecule has 92 valence electrons. The maximum Gasteiger partial charge on any atom is 0.359 e. The predicted molar refractivity (Wildman–Crippen MR) is 65.4 cm³/mol. The van der Waals surface area contributed by atoms with Crippen LogP contribution in [-0.4, -0.2) is 15.6 Å². The standard InChI is InChI=1S/C10H12N2O4S/c1-2-3-7-17-9-6-4-5-8(11(13)14)10(9)12(15)16/h4-6H,2-3,7H2,1H3. The lowest BCUT2D eigenvalue weighted by Gasteiger charge is -2.02. The van der Waals surface area contributed by atoms with Gasteiger partial charge in [0.1, 0.15) is 0 Å². The molecule has 0 spiro atoms. The van der Waals surface area contributed by atoms with Gasteiger partial charge in [-0.15, -0.1) is 11.8 Å². The van der Waals surface area contributed by atoms with Gasteiger partial charge in [-0.1, -0.05) is 19.4 Å². The van der Waals surface area contributed by atoms with E-state index >= 15 is 0 Å². The number of nitro groups is 2. The van der Waals surface area contributed by atoms with Crippen LogP contribution < -0.4 is 0 Å². The van der Waals surface area contributed by atoms with E-state index in [1.165, 1.54) is 17.8 Å². The molecule has 0 N–H and O–H groups in total. The highest BCUT2D eigenvalue weighted by Gasteiger charge is 2.27. The summed E-state index contributed by atoms with van der Waals surface area (Å²) in [6.07, 6.45) is 1.90. The lowest BCUT2D eigenvalue weighted by Crippen LogP contribution is -1.98. The second kappa shape index (κ2) is 6.19. The van der Waals surface area contributed by atoms with Crippen LogP contribution in [0.3, 0.4) is 0 Å². The fourth-order valence-electron chi connectivity index (χ4n) is 1.28. The topological polar surface area (TPSA) is 86.3 Å². The van der Waals surface area contributed by atoms with Crippen LogP contribution in [-0.2, 0) is 0 Å². The van der Waals surface area contributed by atoms with E-state index in [0.29, 0.717) is 4.90 Å². The van der Waals surface area contributed by atoms with Crippen LogP contribution >= 0.6 is 11.8 Å². The van der Waals surface area contributed by atoms with Crippen molar-refractivity contribution in [1.29, 1.82) is 0 Å². The number of rotatable bonds is 6. The lowest BCUT2D eigenvalue weighted by molar-refractivity contribution is -0.424. The van der Waals surface area contributed by atoms with E-state index in [0.717, 1.165) is 24.7 Å². The van der Waals surface area contributed by atoms with Gasteiger partial charge < -0.3 is 0 Å². The summed E-state index contributed by atoms with van der Waals surface area (Å²) in [5, 5.41) is 21.6. The molecule has 0 unspecified atom stereocenters. The summed E-state index contributed by atoms with van der Waals surface area (Å²) in [6, 6.07) is 4.17. The molecular weight excluding hydrogens is 244 g/mol. The average Bonchev–Trinajstić information content (AvgIpc) is 2.28. The van der Waals surface area contributed by atoms with Crippen molar-refractivity contribution >= 4 is 23.1 Å². The Bertz CT molecular complexity index is 436. The summed E-state index contributed by atoms with van der Waals surface area (Å²) in [5.41, 5.74) is -0.852. The van der Waals surface area contributed by atoms with Gasteiger partial charge in [-0.2, -0.15) is 0 Å². The molecule has 6 nitrogen and oxygen atoms in total. The van der Waals surface area contributed by atoms with Crippen molar-refractivity contribution in [2.75, 3.05) is 5.75 Å². The van der Waals surface area contributed by atoms with E-state index in [-0.39, 0.29) is 0 Å². The van der Waals surface area contributed by atoms with Crippen LogP contribution in [0.5, 0.6) is 0 Å². The van der Waals surface area contributed by atoms with Gasteiger partial charge in [0.15, 0.2) is 0 Å². The zero-order valence-corrected chi connectivity index (χ0v) is 10.1. The molecule has 0 heterocycles. The minimum absolute atomic E-state index is 0.359. The van der Waals surface area contributed by atoms with Crippen LogP contribution in [0.2, 0.25) is 0 Å². The number of nitro benzene ring substituents is 2. The molecule has 0 aliphatic carbocycles. The molecule has 7 heteroatoms. The highest BCUT2D eigenvalue weighted by Crippen LogP contribution is 2.36. The molecule has 0 aliphatic heterocycles. The molecule has 1 aromatic carbocycles. The van der Waals surface area contributed by atoms with Gasteiger partial charge in [0.25, 0.3) is 0 Å². The van der Waals surface area contributed by atoms with Gasteiger partial charge in [-0.3, -0.25) is 20.2 Å². The fourth-order valence-corrected chi connectivity index (χ4v) is 2.43. The number of benzene rings is 1. The zero-order chi connectivity index (χ0) is 12.8. The van der Waals surface area contributed by atoms with Crippen molar-refractivity contribution in [3.05, 3.63) is 38.4 Å². The third-order valence-electron chi connectivity index (χ3n) is 2.11. The molecule has 0 fully saturated rings. The number of unbranched alkanes of at least 4 members (excludes halogenated alkanes) is 1. The van der Waals surface area contributed by atoms with Gasteiger partial charge in [0, 0.05) is 6.07 Å². The molecule has 0 amide bonds. The van der Waals surface area contributed by atoms with E-state index in [1.807, 2.05) is 6.92 Å². The number of nitrogens with zero attached hydrogens (tertiary/aromatic N) is 2. The lowest BCUT2D eigenvalue weighted by atomic mass is 10.3. The Labute approximate surface area is 102 Å². The molecule has 0 atom stereocenters. The number of thioether (sulfide) groups is 1. The van der Waals surface area contributed by atoms with Crippen LogP contribution in [0.4, 0.5) is 11.4 Å². The van der Waals surface area contributed by atoms with Crippen molar-refractivity contribution in [3.63, 3.8) is 0 Å². The summed E-state index contributed by atoms with van der Waals surface area (Å²) in [6.45, 7) is 2.02. The molecule has 0 saturated heterocycles. The van der Waals surface area contributed by atoms with Crippen LogP contribution in [0.25, 0.3) is 0 Å². The Kier molecular flexibility index (Phi) is 4.89. The second-order valence-electron chi connectivity index (χ2n) is 3.34. The zero-order valence-electron chi connectivity index (χ0n) is 9.29. The first-order valence-corrected chi connectivity index (χ1v) is 6.11. The molecule has 0 radical (unpaired) electrons. The van der Waals surface area contributed by atoms with Crippen molar-refractivity contribution in [2.24, 2.45) is 0 Å². The Morgan fingerprint density at radius 3 is 2.47 bits per heavy atom. The predicted octanol–water partition coefficient (Wildman–Crippen LogP) is 3.40. The molecule has 0 saturated carbocycles. The Hall–Kier alpha value is -1.63. The second-order valence-corrected chi connectivity index (χ2v) is 4.48. The maximum absolute atomic E-state index is 10.9. The van der Waals surface area contributed by atoms with E-state index in [2.05, 4.69) is 0 Å². The third kappa shape index (κ3) is 3.42. The minimum Gasteiger partial charge on any atom is -0.258 e. The summed E-state index contributed by atoms with van der Waals surface area (Å²) < 4.78 is 0. The van der Waals surface area contributed by atoms with E-state index in [9.17, 15) is 20.2 Å². The Balaban J connectivity index is 3.07. The van der Waals surface area contributed by atoms with Crippen LogP contribution in [0.1, 0.15) is 19.8 Å². The first-order valence-electron chi connectivity index (χ1n) is 5.12. The van der Waals surface area contributed by atoms with Crippen LogP contribution in [0, 0.1) is 20.2 Å². The number of para-hydroxylation sites is 1. The third-order valence-corrected chi connectivity index (χ3v) is 3.25. The van der Waals surface area contributed by atoms with Gasteiger partial charge >= 0.3 is 11.4 Å². The summed E-state index contributed by atoms with van der Waals surface area (Å²) in [7, 11) is 0. The van der Waals surface area contributed by atoms with E-state index in [1.54, 1.807) is 6.07 Å². The molecule has 0 aliphatic rings.